The smallest absolute Gasteiger partial charge is 0.308 e. The van der Waals surface area contributed by atoms with E-state index in [1.165, 1.54) is 6.92 Å². The first-order valence-electron chi connectivity index (χ1n) is 8.00. The van der Waals surface area contributed by atoms with E-state index < -0.39 is 6.10 Å². The van der Waals surface area contributed by atoms with Crippen LogP contribution < -0.4 is 0 Å². The number of ether oxygens (including phenoxy) is 2. The zero-order chi connectivity index (χ0) is 16.1. The van der Waals surface area contributed by atoms with Gasteiger partial charge in [-0.25, -0.2) is 0 Å². The van der Waals surface area contributed by atoms with E-state index in [1.54, 1.807) is 6.92 Å². The Bertz CT molecular complexity index is 290. The fourth-order valence-corrected chi connectivity index (χ4v) is 2.21. The van der Waals surface area contributed by atoms with Crippen molar-refractivity contribution in [3.8, 4) is 0 Å². The van der Waals surface area contributed by atoms with Crippen LogP contribution in [-0.4, -0.2) is 35.9 Å². The van der Waals surface area contributed by atoms with Gasteiger partial charge in [0, 0.05) is 6.92 Å². The SMILES string of the molecule is CCCCCC(CCCC(O)CC(=O)OCC)OC(C)=O. The Morgan fingerprint density at radius 3 is 2.29 bits per heavy atom. The first-order valence-corrected chi connectivity index (χ1v) is 8.00. The number of hydrogen-bond acceptors (Lipinski definition) is 5. The third kappa shape index (κ3) is 12.4. The van der Waals surface area contributed by atoms with Crippen molar-refractivity contribution in [3.63, 3.8) is 0 Å². The fourth-order valence-electron chi connectivity index (χ4n) is 2.21. The largest absolute Gasteiger partial charge is 0.466 e. The highest BCUT2D eigenvalue weighted by atomic mass is 16.5. The number of unbranched alkanes of at least 4 members (excludes halogenated alkanes) is 2. The predicted molar refractivity (Wildman–Crippen MR) is 80.8 cm³/mol. The van der Waals surface area contributed by atoms with Gasteiger partial charge in [-0.15, -0.1) is 0 Å². The number of carbonyl (C=O) groups is 2. The van der Waals surface area contributed by atoms with Crippen LogP contribution in [0, 0.1) is 0 Å². The molecule has 1 N–H and O–H groups in total. The zero-order valence-corrected chi connectivity index (χ0v) is 13.6. The molecule has 0 aliphatic rings. The summed E-state index contributed by atoms with van der Waals surface area (Å²) in [6.07, 6.45) is 5.40. The van der Waals surface area contributed by atoms with E-state index in [0.717, 1.165) is 38.5 Å². The first-order chi connectivity index (χ1) is 9.99. The van der Waals surface area contributed by atoms with Crippen LogP contribution in [0.1, 0.15) is 72.1 Å². The molecule has 0 bridgehead atoms. The van der Waals surface area contributed by atoms with E-state index in [9.17, 15) is 14.7 Å². The summed E-state index contributed by atoms with van der Waals surface area (Å²) in [6, 6.07) is 0. The molecular formula is C16H30O5. The van der Waals surface area contributed by atoms with Gasteiger partial charge >= 0.3 is 11.9 Å². The number of hydrogen-bond donors (Lipinski definition) is 1. The molecule has 21 heavy (non-hydrogen) atoms. The van der Waals surface area contributed by atoms with Crippen molar-refractivity contribution in [3.05, 3.63) is 0 Å². The molecule has 0 aromatic carbocycles. The minimum absolute atomic E-state index is 0.0297. The average molecular weight is 302 g/mol. The topological polar surface area (TPSA) is 72.8 Å². The summed E-state index contributed by atoms with van der Waals surface area (Å²) in [6.45, 7) is 5.62. The Kier molecular flexibility index (Phi) is 12.0. The molecule has 0 radical (unpaired) electrons. The molecular weight excluding hydrogens is 272 g/mol. The quantitative estimate of drug-likeness (QED) is 0.443. The number of aliphatic hydroxyl groups excluding tert-OH is 1. The molecule has 0 aromatic heterocycles. The van der Waals surface area contributed by atoms with Crippen LogP contribution in [0.15, 0.2) is 0 Å². The van der Waals surface area contributed by atoms with E-state index in [4.69, 9.17) is 9.47 Å². The van der Waals surface area contributed by atoms with Crippen molar-refractivity contribution in [1.29, 1.82) is 0 Å². The summed E-state index contributed by atoms with van der Waals surface area (Å²) in [5.41, 5.74) is 0. The van der Waals surface area contributed by atoms with Crippen molar-refractivity contribution in [2.75, 3.05) is 6.61 Å². The summed E-state index contributed by atoms with van der Waals surface area (Å²) in [4.78, 5) is 22.3. The lowest BCUT2D eigenvalue weighted by molar-refractivity contribution is -0.147. The molecule has 124 valence electrons. The van der Waals surface area contributed by atoms with E-state index in [1.807, 2.05) is 0 Å². The Hall–Kier alpha value is -1.10. The molecule has 0 rings (SSSR count). The summed E-state index contributed by atoms with van der Waals surface area (Å²) in [7, 11) is 0. The second-order valence-corrected chi connectivity index (χ2v) is 5.32. The molecule has 0 saturated carbocycles. The second kappa shape index (κ2) is 12.6. The van der Waals surface area contributed by atoms with Gasteiger partial charge in [0.05, 0.1) is 19.1 Å². The minimum Gasteiger partial charge on any atom is -0.466 e. The minimum atomic E-state index is -0.683. The van der Waals surface area contributed by atoms with Gasteiger partial charge < -0.3 is 14.6 Å². The maximum Gasteiger partial charge on any atom is 0.308 e. The second-order valence-electron chi connectivity index (χ2n) is 5.32. The third-order valence-electron chi connectivity index (χ3n) is 3.23. The van der Waals surface area contributed by atoms with Crippen molar-refractivity contribution in [2.24, 2.45) is 0 Å². The lowest BCUT2D eigenvalue weighted by Crippen LogP contribution is -2.19. The highest BCUT2D eigenvalue weighted by Crippen LogP contribution is 2.15. The van der Waals surface area contributed by atoms with Gasteiger partial charge in [0.2, 0.25) is 0 Å². The Morgan fingerprint density at radius 1 is 1.05 bits per heavy atom. The monoisotopic (exact) mass is 302 g/mol. The van der Waals surface area contributed by atoms with Gasteiger partial charge in [-0.1, -0.05) is 19.8 Å². The number of esters is 2. The van der Waals surface area contributed by atoms with Gasteiger partial charge in [0.15, 0.2) is 0 Å². The molecule has 0 saturated heterocycles. The summed E-state index contributed by atoms with van der Waals surface area (Å²) in [5.74, 6) is -0.631. The number of rotatable bonds is 12. The molecule has 0 aromatic rings. The van der Waals surface area contributed by atoms with Crippen LogP contribution in [0.25, 0.3) is 0 Å². The molecule has 0 aliphatic carbocycles. The van der Waals surface area contributed by atoms with Crippen LogP contribution in [0.3, 0.4) is 0 Å². The van der Waals surface area contributed by atoms with Crippen molar-refractivity contribution < 1.29 is 24.2 Å². The third-order valence-corrected chi connectivity index (χ3v) is 3.23. The summed E-state index contributed by atoms with van der Waals surface area (Å²) >= 11 is 0. The van der Waals surface area contributed by atoms with Crippen molar-refractivity contribution in [1.82, 2.24) is 0 Å². The van der Waals surface area contributed by atoms with Crippen molar-refractivity contribution in [2.45, 2.75) is 84.3 Å². The maximum atomic E-state index is 11.2. The standard InChI is InChI=1S/C16H30O5/c1-4-6-7-10-15(21-13(3)17)11-8-9-14(18)12-16(19)20-5-2/h14-15,18H,4-12H2,1-3H3. The van der Waals surface area contributed by atoms with Gasteiger partial charge in [-0.3, -0.25) is 9.59 Å². The van der Waals surface area contributed by atoms with Gasteiger partial charge in [-0.05, 0) is 39.0 Å². The Labute approximate surface area is 128 Å². The van der Waals surface area contributed by atoms with Crippen LogP contribution in [0.2, 0.25) is 0 Å². The predicted octanol–water partition coefficient (Wildman–Crippen LogP) is 2.98. The molecule has 5 nitrogen and oxygen atoms in total. The molecule has 2 atom stereocenters. The van der Waals surface area contributed by atoms with Crippen molar-refractivity contribution >= 4 is 11.9 Å². The lowest BCUT2D eigenvalue weighted by atomic mass is 10.0. The van der Waals surface area contributed by atoms with E-state index in [0.29, 0.717) is 13.0 Å². The Morgan fingerprint density at radius 2 is 1.71 bits per heavy atom. The van der Waals surface area contributed by atoms with Crippen LogP contribution >= 0.6 is 0 Å². The van der Waals surface area contributed by atoms with Crippen LogP contribution in [-0.2, 0) is 19.1 Å². The highest BCUT2D eigenvalue weighted by Gasteiger charge is 2.15. The van der Waals surface area contributed by atoms with Crippen LogP contribution in [0.4, 0.5) is 0 Å². The maximum absolute atomic E-state index is 11.2. The average Bonchev–Trinajstić information content (AvgIpc) is 2.38. The van der Waals surface area contributed by atoms with E-state index in [2.05, 4.69) is 6.92 Å². The van der Waals surface area contributed by atoms with E-state index >= 15 is 0 Å². The van der Waals surface area contributed by atoms with Crippen LogP contribution in [0.5, 0.6) is 0 Å². The van der Waals surface area contributed by atoms with Gasteiger partial charge in [0.25, 0.3) is 0 Å². The molecule has 0 aliphatic heterocycles. The molecule has 0 spiro atoms. The molecule has 0 heterocycles. The fraction of sp³-hybridized carbons (Fsp3) is 0.875. The summed E-state index contributed by atoms with van der Waals surface area (Å²) < 4.78 is 10.1. The van der Waals surface area contributed by atoms with Gasteiger partial charge in [0.1, 0.15) is 6.10 Å². The number of carbonyl (C=O) groups excluding carboxylic acids is 2. The highest BCUT2D eigenvalue weighted by molar-refractivity contribution is 5.69. The molecule has 0 fully saturated rings. The first kappa shape index (κ1) is 19.9. The summed E-state index contributed by atoms with van der Waals surface area (Å²) in [5, 5.41) is 9.75. The van der Waals surface area contributed by atoms with E-state index in [-0.39, 0.29) is 24.5 Å². The molecule has 2 unspecified atom stereocenters. The molecule has 5 heteroatoms. The molecule has 0 amide bonds. The number of aliphatic hydroxyl groups is 1. The lowest BCUT2D eigenvalue weighted by Gasteiger charge is -2.17. The van der Waals surface area contributed by atoms with Gasteiger partial charge in [-0.2, -0.15) is 0 Å². The zero-order valence-electron chi connectivity index (χ0n) is 13.6. The normalized spacial score (nSPS) is 13.5. The Balaban J connectivity index is 3.93.